The molecule has 0 unspecified atom stereocenters. The number of nitrogens with one attached hydrogen (secondary N) is 2. The molecule has 3 rings (SSSR count). The van der Waals surface area contributed by atoms with Crippen molar-refractivity contribution in [2.75, 3.05) is 19.7 Å². The summed E-state index contributed by atoms with van der Waals surface area (Å²) >= 11 is 0. The van der Waals surface area contributed by atoms with Crippen molar-refractivity contribution in [3.05, 3.63) is 59.4 Å². The van der Waals surface area contributed by atoms with Gasteiger partial charge in [0.05, 0.1) is 4.90 Å². The van der Waals surface area contributed by atoms with E-state index in [1.807, 2.05) is 13.8 Å². The number of carbonyl (C=O) groups excluding carboxylic acids is 2. The summed E-state index contributed by atoms with van der Waals surface area (Å²) in [6, 6.07) is 10.2. The van der Waals surface area contributed by atoms with Crippen LogP contribution in [0.25, 0.3) is 0 Å². The summed E-state index contributed by atoms with van der Waals surface area (Å²) in [7, 11) is -3.62. The van der Waals surface area contributed by atoms with Gasteiger partial charge in [0, 0.05) is 19.0 Å². The van der Waals surface area contributed by atoms with E-state index in [0.29, 0.717) is 18.6 Å². The number of hydrogen-bond acceptors (Lipinski definition) is 5. The minimum absolute atomic E-state index is 0.217. The topological polar surface area (TPSA) is 105 Å². The second-order valence-electron chi connectivity index (χ2n) is 7.70. The van der Waals surface area contributed by atoms with Crippen LogP contribution in [0, 0.1) is 25.6 Å². The van der Waals surface area contributed by atoms with Crippen molar-refractivity contribution in [1.82, 2.24) is 15.2 Å². The zero-order chi connectivity index (χ0) is 23.3. The molecule has 1 aliphatic heterocycles. The summed E-state index contributed by atoms with van der Waals surface area (Å²) in [5, 5.41) is 0. The van der Waals surface area contributed by atoms with Crippen LogP contribution in [-0.4, -0.2) is 44.2 Å². The summed E-state index contributed by atoms with van der Waals surface area (Å²) in [6.45, 7) is 3.87. The molecule has 10 heteroatoms. The van der Waals surface area contributed by atoms with Gasteiger partial charge in [-0.05, 0) is 74.2 Å². The predicted octanol–water partition coefficient (Wildman–Crippen LogP) is 2.07. The number of carbonyl (C=O) groups is 2. The molecule has 0 spiro atoms. The van der Waals surface area contributed by atoms with E-state index >= 15 is 0 Å². The fraction of sp³-hybridized carbons (Fsp3) is 0.364. The lowest BCUT2D eigenvalue weighted by Crippen LogP contribution is -2.49. The Hall–Kier alpha value is -2.98. The van der Waals surface area contributed by atoms with Crippen molar-refractivity contribution in [3.8, 4) is 5.75 Å². The maximum atomic E-state index is 12.9. The number of ether oxygens (including phenoxy) is 1. The van der Waals surface area contributed by atoms with Crippen molar-refractivity contribution in [2.45, 2.75) is 31.6 Å². The first kappa shape index (κ1) is 23.7. The first-order valence-corrected chi connectivity index (χ1v) is 11.7. The van der Waals surface area contributed by atoms with Crippen LogP contribution >= 0.6 is 0 Å². The van der Waals surface area contributed by atoms with E-state index < -0.39 is 27.7 Å². The van der Waals surface area contributed by atoms with Gasteiger partial charge in [-0.1, -0.05) is 6.07 Å². The van der Waals surface area contributed by atoms with Gasteiger partial charge in [-0.2, -0.15) is 4.31 Å². The van der Waals surface area contributed by atoms with E-state index in [9.17, 15) is 22.4 Å². The molecule has 32 heavy (non-hydrogen) atoms. The normalized spacial score (nSPS) is 15.2. The summed E-state index contributed by atoms with van der Waals surface area (Å²) in [5.41, 5.74) is 6.54. The number of piperidine rings is 1. The van der Waals surface area contributed by atoms with Crippen molar-refractivity contribution in [2.24, 2.45) is 5.92 Å². The third-order valence-electron chi connectivity index (χ3n) is 5.45. The molecule has 1 aliphatic rings. The molecule has 8 nitrogen and oxygen atoms in total. The van der Waals surface area contributed by atoms with Crippen LogP contribution in [-0.2, 0) is 19.6 Å². The SMILES string of the molecule is Cc1ccc(S(=O)(=O)N2CCC(C(=O)NNC(=O)COc3ccc(F)cc3)CC2)cc1C. The Morgan fingerprint density at radius 3 is 2.31 bits per heavy atom. The van der Waals surface area contributed by atoms with Gasteiger partial charge in [0.25, 0.3) is 5.91 Å². The van der Waals surface area contributed by atoms with Gasteiger partial charge in [-0.15, -0.1) is 0 Å². The monoisotopic (exact) mass is 463 g/mol. The van der Waals surface area contributed by atoms with E-state index in [2.05, 4.69) is 10.9 Å². The number of amides is 2. The van der Waals surface area contributed by atoms with Crippen molar-refractivity contribution in [3.63, 3.8) is 0 Å². The molecule has 0 atom stereocenters. The third kappa shape index (κ3) is 5.83. The Labute approximate surface area is 186 Å². The van der Waals surface area contributed by atoms with Gasteiger partial charge in [-0.3, -0.25) is 20.4 Å². The highest BCUT2D eigenvalue weighted by Gasteiger charge is 2.32. The molecule has 2 aromatic rings. The molecule has 0 aromatic heterocycles. The van der Waals surface area contributed by atoms with Crippen molar-refractivity contribution >= 4 is 21.8 Å². The second kappa shape index (κ2) is 10.1. The minimum Gasteiger partial charge on any atom is -0.484 e. The number of hydrazine groups is 1. The number of benzene rings is 2. The van der Waals surface area contributed by atoms with Crippen LogP contribution in [0.2, 0.25) is 0 Å². The summed E-state index contributed by atoms with van der Waals surface area (Å²) in [5.74, 6) is -1.47. The number of nitrogens with zero attached hydrogens (tertiary/aromatic N) is 1. The predicted molar refractivity (Wildman–Crippen MR) is 116 cm³/mol. The number of rotatable bonds is 6. The maximum Gasteiger partial charge on any atom is 0.276 e. The smallest absolute Gasteiger partial charge is 0.276 e. The Kier molecular flexibility index (Phi) is 7.47. The second-order valence-corrected chi connectivity index (χ2v) is 9.64. The first-order chi connectivity index (χ1) is 15.2. The number of halogens is 1. The van der Waals surface area contributed by atoms with Crippen LogP contribution in [0.15, 0.2) is 47.4 Å². The molecule has 0 bridgehead atoms. The summed E-state index contributed by atoms with van der Waals surface area (Å²) < 4.78 is 45.2. The van der Waals surface area contributed by atoms with Gasteiger partial charge in [0.2, 0.25) is 15.9 Å². The molecule has 1 heterocycles. The molecule has 2 amide bonds. The molecule has 2 aromatic carbocycles. The van der Waals surface area contributed by atoms with E-state index in [1.54, 1.807) is 18.2 Å². The Morgan fingerprint density at radius 1 is 1.03 bits per heavy atom. The van der Waals surface area contributed by atoms with Gasteiger partial charge in [-0.25, -0.2) is 12.8 Å². The Morgan fingerprint density at radius 2 is 1.69 bits per heavy atom. The molecule has 172 valence electrons. The average molecular weight is 464 g/mol. The van der Waals surface area contributed by atoms with Crippen LogP contribution in [0.5, 0.6) is 5.75 Å². The van der Waals surface area contributed by atoms with Gasteiger partial charge in [0.1, 0.15) is 11.6 Å². The maximum absolute atomic E-state index is 12.9. The number of hydrogen-bond donors (Lipinski definition) is 2. The lowest BCUT2D eigenvalue weighted by atomic mass is 9.98. The first-order valence-electron chi connectivity index (χ1n) is 10.2. The molecule has 1 saturated heterocycles. The number of sulfonamides is 1. The molecule has 0 aliphatic carbocycles. The lowest BCUT2D eigenvalue weighted by Gasteiger charge is -2.30. The Bertz CT molecular complexity index is 1080. The summed E-state index contributed by atoms with van der Waals surface area (Å²) in [6.07, 6.45) is 0.690. The Balaban J connectivity index is 1.45. The highest BCUT2D eigenvalue weighted by molar-refractivity contribution is 7.89. The van der Waals surface area contributed by atoms with E-state index in [-0.39, 0.29) is 30.5 Å². The lowest BCUT2D eigenvalue weighted by molar-refractivity contribution is -0.132. The van der Waals surface area contributed by atoms with Crippen molar-refractivity contribution < 1.29 is 27.1 Å². The molecule has 1 fully saturated rings. The standard InChI is InChI=1S/C22H26FN3O5S/c1-15-3-8-20(13-16(15)2)32(29,30)26-11-9-17(10-12-26)22(28)25-24-21(27)14-31-19-6-4-18(23)5-7-19/h3-8,13,17H,9-12,14H2,1-2H3,(H,24,27)(H,25,28). The van der Waals surface area contributed by atoms with Crippen LogP contribution in [0.1, 0.15) is 24.0 Å². The van der Waals surface area contributed by atoms with Crippen LogP contribution in [0.4, 0.5) is 4.39 Å². The highest BCUT2D eigenvalue weighted by Crippen LogP contribution is 2.25. The average Bonchev–Trinajstić information content (AvgIpc) is 2.79. The van der Waals surface area contributed by atoms with Crippen LogP contribution < -0.4 is 15.6 Å². The van der Waals surface area contributed by atoms with Crippen molar-refractivity contribution in [1.29, 1.82) is 0 Å². The minimum atomic E-state index is -3.62. The zero-order valence-electron chi connectivity index (χ0n) is 17.9. The van der Waals surface area contributed by atoms with E-state index in [4.69, 9.17) is 4.74 Å². The quantitative estimate of drug-likeness (QED) is 0.639. The zero-order valence-corrected chi connectivity index (χ0v) is 18.7. The molecular formula is C22H26FN3O5S. The highest BCUT2D eigenvalue weighted by atomic mass is 32.2. The molecule has 0 saturated carbocycles. The van der Waals surface area contributed by atoms with Crippen LogP contribution in [0.3, 0.4) is 0 Å². The number of aryl methyl sites for hydroxylation is 2. The molecule has 2 N–H and O–H groups in total. The van der Waals surface area contributed by atoms with Gasteiger partial charge < -0.3 is 4.74 Å². The van der Waals surface area contributed by atoms with Gasteiger partial charge >= 0.3 is 0 Å². The van der Waals surface area contributed by atoms with E-state index in [1.165, 1.54) is 28.6 Å². The third-order valence-corrected chi connectivity index (χ3v) is 7.34. The summed E-state index contributed by atoms with van der Waals surface area (Å²) in [4.78, 5) is 24.4. The van der Waals surface area contributed by atoms with E-state index in [0.717, 1.165) is 11.1 Å². The largest absolute Gasteiger partial charge is 0.484 e. The fourth-order valence-electron chi connectivity index (χ4n) is 3.33. The van der Waals surface area contributed by atoms with Gasteiger partial charge in [0.15, 0.2) is 6.61 Å². The molecular weight excluding hydrogens is 437 g/mol. The molecule has 0 radical (unpaired) electrons. The fourth-order valence-corrected chi connectivity index (χ4v) is 4.89.